The molecule has 37 heavy (non-hydrogen) atoms. The first-order chi connectivity index (χ1) is 17.2. The zero-order valence-electron chi connectivity index (χ0n) is 21.0. The van der Waals surface area contributed by atoms with Crippen molar-refractivity contribution in [3.05, 3.63) is 45.4 Å². The maximum atomic E-state index is 13.8. The van der Waals surface area contributed by atoms with E-state index in [9.17, 15) is 39.6 Å². The van der Waals surface area contributed by atoms with Gasteiger partial charge in [0.05, 0.1) is 18.7 Å². The number of phenolic OH excluding ortho intramolecular Hbond substituents is 1. The molecule has 0 radical (unpaired) electrons. The molecule has 4 atom stereocenters. The van der Waals surface area contributed by atoms with Crippen LogP contribution < -0.4 is 10.6 Å². The molecule has 0 bridgehead atoms. The Morgan fingerprint density at radius 3 is 2.27 bits per heavy atom. The van der Waals surface area contributed by atoms with Crippen LogP contribution in [0.2, 0.25) is 0 Å². The second-order valence-corrected chi connectivity index (χ2v) is 9.99. The Hall–Kier alpha value is -3.90. The van der Waals surface area contributed by atoms with Crippen LogP contribution in [0.1, 0.15) is 32.7 Å². The van der Waals surface area contributed by atoms with Crippen LogP contribution in [0, 0.1) is 11.8 Å². The van der Waals surface area contributed by atoms with E-state index >= 15 is 0 Å². The minimum atomic E-state index is -2.73. The number of aliphatic hydroxyl groups excluding tert-OH is 2. The predicted octanol–water partition coefficient (Wildman–Crippen LogP) is -0.0268. The van der Waals surface area contributed by atoms with E-state index in [0.29, 0.717) is 11.3 Å². The molecular formula is C25H29N3O9. The van der Waals surface area contributed by atoms with Gasteiger partial charge in [-0.2, -0.15) is 0 Å². The molecule has 0 saturated heterocycles. The van der Waals surface area contributed by atoms with Gasteiger partial charge in [-0.05, 0) is 44.5 Å². The number of hydrogen-bond acceptors (Lipinski definition) is 11. The summed E-state index contributed by atoms with van der Waals surface area (Å²) in [6.07, 6.45) is 0.0786. The fourth-order valence-electron chi connectivity index (χ4n) is 5.96. The Labute approximate surface area is 212 Å². The smallest absolute Gasteiger partial charge is 0.341 e. The minimum absolute atomic E-state index is 0.0296. The number of nitrogens with two attached hydrogens (primary N) is 1. The van der Waals surface area contributed by atoms with Gasteiger partial charge in [0.1, 0.15) is 28.4 Å². The van der Waals surface area contributed by atoms with Crippen LogP contribution in [0.3, 0.4) is 0 Å². The summed E-state index contributed by atoms with van der Waals surface area (Å²) in [5.74, 6) is -8.47. The molecule has 0 unspecified atom stereocenters. The molecule has 12 nitrogen and oxygen atoms in total. The molecule has 3 aliphatic carbocycles. The number of aromatic hydroxyl groups is 1. The number of rotatable bonds is 4. The van der Waals surface area contributed by atoms with Crippen molar-refractivity contribution in [2.45, 2.75) is 24.5 Å². The number of ether oxygens (including phenoxy) is 1. The second kappa shape index (κ2) is 8.60. The van der Waals surface area contributed by atoms with Crippen LogP contribution in [0.25, 0.3) is 0 Å². The normalized spacial score (nSPS) is 27.1. The highest BCUT2D eigenvalue weighted by molar-refractivity contribution is 6.25. The molecule has 198 valence electrons. The van der Waals surface area contributed by atoms with Crippen molar-refractivity contribution < 1.29 is 44.3 Å². The van der Waals surface area contributed by atoms with E-state index in [-0.39, 0.29) is 29.5 Å². The lowest BCUT2D eigenvalue weighted by atomic mass is 9.58. The second-order valence-electron chi connectivity index (χ2n) is 9.99. The SMILES string of the molecule is COC(=O)c1cc(N(C)C)c2c(c1O)C(=O)C1=C(O)[C@]3(O)C(=O)C(C(N)=O)=C(O)[C@@H](N(C)C)[C@@H]3C[C@@H]1C2. The molecule has 3 aliphatic rings. The Morgan fingerprint density at radius 1 is 1.14 bits per heavy atom. The number of Topliss-reactive ketones (excluding diaryl/α,β-unsaturated/α-hetero) is 2. The largest absolute Gasteiger partial charge is 0.510 e. The summed E-state index contributed by atoms with van der Waals surface area (Å²) in [6.45, 7) is 0. The molecule has 0 saturated carbocycles. The molecule has 0 heterocycles. The van der Waals surface area contributed by atoms with Crippen molar-refractivity contribution in [1.82, 2.24) is 4.90 Å². The topological polar surface area (TPSA) is 191 Å². The molecule has 1 aromatic carbocycles. The third kappa shape index (κ3) is 3.43. The van der Waals surface area contributed by atoms with Gasteiger partial charge in [-0.1, -0.05) is 0 Å². The standard InChI is InChI=1S/C25H29N3O9/c1-27(2)13-8-11(24(35)37-5)18(29)15-10(13)6-9-7-12-17(28(3)4)20(31)16(23(26)34)22(33)25(12,36)21(32)14(9)19(15)30/h8-9,12,17,29,31-32,36H,6-7H2,1-5H3,(H2,26,34)/t9-,12-,17-,25-/m0/s1. The fourth-order valence-corrected chi connectivity index (χ4v) is 5.96. The molecule has 0 spiro atoms. The number of likely N-dealkylation sites (N-methyl/N-ethyl adjacent to an activating group) is 1. The highest BCUT2D eigenvalue weighted by Crippen LogP contribution is 2.53. The van der Waals surface area contributed by atoms with Crippen molar-refractivity contribution in [3.8, 4) is 5.75 Å². The summed E-state index contributed by atoms with van der Waals surface area (Å²) in [5, 5.41) is 44.7. The number of anilines is 1. The molecule has 12 heteroatoms. The zero-order valence-corrected chi connectivity index (χ0v) is 21.0. The first-order valence-electron chi connectivity index (χ1n) is 11.5. The highest BCUT2D eigenvalue weighted by atomic mass is 16.5. The Kier molecular flexibility index (Phi) is 6.08. The zero-order chi connectivity index (χ0) is 27.7. The number of esters is 1. The van der Waals surface area contributed by atoms with Gasteiger partial charge in [-0.3, -0.25) is 19.3 Å². The van der Waals surface area contributed by atoms with E-state index < -0.39 is 69.8 Å². The van der Waals surface area contributed by atoms with Crippen LogP contribution in [0.4, 0.5) is 5.69 Å². The van der Waals surface area contributed by atoms with E-state index in [0.717, 1.165) is 7.11 Å². The maximum absolute atomic E-state index is 13.8. The number of carbonyl (C=O) groups is 4. The number of amides is 1. The van der Waals surface area contributed by atoms with Crippen molar-refractivity contribution >= 4 is 29.1 Å². The van der Waals surface area contributed by atoms with Crippen LogP contribution in [0.5, 0.6) is 5.75 Å². The van der Waals surface area contributed by atoms with E-state index in [1.165, 1.54) is 11.0 Å². The van der Waals surface area contributed by atoms with Crippen LogP contribution in [-0.2, 0) is 20.7 Å². The predicted molar refractivity (Wildman–Crippen MR) is 129 cm³/mol. The summed E-state index contributed by atoms with van der Waals surface area (Å²) in [7, 11) is 7.62. The molecule has 1 aromatic rings. The number of benzene rings is 1. The number of primary amides is 1. The van der Waals surface area contributed by atoms with Gasteiger partial charge in [0.2, 0.25) is 5.78 Å². The summed E-state index contributed by atoms with van der Waals surface area (Å²) in [4.78, 5) is 54.7. The van der Waals surface area contributed by atoms with E-state index in [2.05, 4.69) is 0 Å². The molecule has 0 aliphatic heterocycles. The number of allylic oxidation sites excluding steroid dienone is 1. The number of ketones is 2. The lowest BCUT2D eigenvalue weighted by Gasteiger charge is -2.50. The summed E-state index contributed by atoms with van der Waals surface area (Å²) in [5.41, 5.74) is 1.76. The maximum Gasteiger partial charge on any atom is 0.341 e. The first kappa shape index (κ1) is 26.2. The van der Waals surface area contributed by atoms with Crippen molar-refractivity contribution in [2.24, 2.45) is 17.6 Å². The quantitative estimate of drug-likeness (QED) is 0.267. The monoisotopic (exact) mass is 515 g/mol. The summed E-state index contributed by atoms with van der Waals surface area (Å²) in [6, 6.07) is 0.329. The Balaban J connectivity index is 2.01. The van der Waals surface area contributed by atoms with E-state index in [1.54, 1.807) is 33.1 Å². The van der Waals surface area contributed by atoms with Crippen molar-refractivity contribution in [2.75, 3.05) is 40.2 Å². The van der Waals surface area contributed by atoms with Gasteiger partial charge in [-0.25, -0.2) is 4.79 Å². The lowest BCUT2D eigenvalue weighted by molar-refractivity contribution is -0.148. The van der Waals surface area contributed by atoms with Gasteiger partial charge in [0, 0.05) is 31.3 Å². The molecule has 0 fully saturated rings. The fraction of sp³-hybridized carbons (Fsp3) is 0.440. The van der Waals surface area contributed by atoms with Gasteiger partial charge in [0.15, 0.2) is 11.4 Å². The molecule has 0 aromatic heterocycles. The molecular weight excluding hydrogens is 486 g/mol. The van der Waals surface area contributed by atoms with Crippen LogP contribution in [-0.4, -0.2) is 95.7 Å². The van der Waals surface area contributed by atoms with Crippen LogP contribution in [0.15, 0.2) is 28.7 Å². The number of carbonyl (C=O) groups excluding carboxylic acids is 4. The highest BCUT2D eigenvalue weighted by Gasteiger charge is 2.63. The number of methoxy groups -OCH3 is 1. The van der Waals surface area contributed by atoms with Crippen LogP contribution >= 0.6 is 0 Å². The average molecular weight is 516 g/mol. The number of aliphatic hydroxyl groups is 3. The third-order valence-corrected chi connectivity index (χ3v) is 7.59. The number of phenols is 1. The number of fused-ring (bicyclic) bond motifs is 3. The van der Waals surface area contributed by atoms with E-state index in [4.69, 9.17) is 10.5 Å². The summed E-state index contributed by atoms with van der Waals surface area (Å²) < 4.78 is 4.73. The number of hydrogen-bond donors (Lipinski definition) is 5. The first-order valence-corrected chi connectivity index (χ1v) is 11.5. The molecule has 6 N–H and O–H groups in total. The molecule has 4 rings (SSSR count). The Bertz CT molecular complexity index is 1330. The van der Waals surface area contributed by atoms with E-state index in [1.807, 2.05) is 0 Å². The molecule has 1 amide bonds. The minimum Gasteiger partial charge on any atom is -0.510 e. The van der Waals surface area contributed by atoms with Gasteiger partial charge < -0.3 is 35.8 Å². The average Bonchev–Trinajstić information content (AvgIpc) is 2.80. The van der Waals surface area contributed by atoms with Gasteiger partial charge in [0.25, 0.3) is 5.91 Å². The van der Waals surface area contributed by atoms with Gasteiger partial charge in [-0.15, -0.1) is 0 Å². The van der Waals surface area contributed by atoms with Crippen molar-refractivity contribution in [3.63, 3.8) is 0 Å². The third-order valence-electron chi connectivity index (χ3n) is 7.59. The summed E-state index contributed by atoms with van der Waals surface area (Å²) >= 11 is 0. The lowest BCUT2D eigenvalue weighted by Crippen LogP contribution is -2.63. The van der Waals surface area contributed by atoms with Gasteiger partial charge >= 0.3 is 5.97 Å². The Morgan fingerprint density at radius 2 is 1.76 bits per heavy atom. The number of nitrogens with zero attached hydrogens (tertiary/aromatic N) is 2. The van der Waals surface area contributed by atoms with Crippen molar-refractivity contribution in [1.29, 1.82) is 0 Å².